The van der Waals surface area contributed by atoms with Crippen molar-refractivity contribution in [3.63, 3.8) is 0 Å². The zero-order valence-electron chi connectivity index (χ0n) is 9.47. The van der Waals surface area contributed by atoms with Gasteiger partial charge in [-0.15, -0.1) is 0 Å². The summed E-state index contributed by atoms with van der Waals surface area (Å²) in [6.07, 6.45) is 3.12. The van der Waals surface area contributed by atoms with E-state index >= 15 is 0 Å². The summed E-state index contributed by atoms with van der Waals surface area (Å²) in [5.41, 5.74) is -0.492. The van der Waals surface area contributed by atoms with E-state index in [1.165, 1.54) is 6.08 Å². The summed E-state index contributed by atoms with van der Waals surface area (Å²) in [6.45, 7) is 11.8. The van der Waals surface area contributed by atoms with Crippen LogP contribution >= 0.6 is 0 Å². The minimum Gasteiger partial charge on any atom is -0.456 e. The van der Waals surface area contributed by atoms with Gasteiger partial charge in [0.05, 0.1) is 0 Å². The van der Waals surface area contributed by atoms with Gasteiger partial charge in [-0.1, -0.05) is 26.8 Å². The zero-order chi connectivity index (χ0) is 10.7. The lowest BCUT2D eigenvalue weighted by molar-refractivity contribution is -0.160. The van der Waals surface area contributed by atoms with Crippen molar-refractivity contribution in [1.82, 2.24) is 0 Å². The molecular weight excluding hydrogens is 164 g/mol. The number of rotatable bonds is 2. The molecule has 0 radical (unpaired) electrons. The fourth-order valence-corrected chi connectivity index (χ4v) is 0.575. The number of hydrogen-bond acceptors (Lipinski definition) is 2. The Labute approximate surface area is 81.0 Å². The molecule has 0 aliphatic heterocycles. The van der Waals surface area contributed by atoms with Crippen molar-refractivity contribution >= 4 is 5.97 Å². The van der Waals surface area contributed by atoms with E-state index in [4.69, 9.17) is 4.74 Å². The molecule has 76 valence electrons. The number of ether oxygens (including phenoxy) is 1. The third kappa shape index (κ3) is 3.62. The van der Waals surface area contributed by atoms with Gasteiger partial charge in [0, 0.05) is 11.5 Å². The molecule has 0 saturated carbocycles. The first-order valence-electron chi connectivity index (χ1n) is 4.56. The lowest BCUT2D eigenvalue weighted by Gasteiger charge is -2.37. The summed E-state index contributed by atoms with van der Waals surface area (Å²) in [5.74, 6) is -0.276. The van der Waals surface area contributed by atoms with E-state index < -0.39 is 5.60 Å². The monoisotopic (exact) mass is 184 g/mol. The van der Waals surface area contributed by atoms with Crippen molar-refractivity contribution < 1.29 is 9.53 Å². The predicted octanol–water partition coefficient (Wildman–Crippen LogP) is 2.93. The molecule has 0 amide bonds. The molecule has 0 bridgehead atoms. The van der Waals surface area contributed by atoms with Crippen LogP contribution in [0.4, 0.5) is 0 Å². The molecule has 0 unspecified atom stereocenters. The Morgan fingerprint density at radius 3 is 1.92 bits per heavy atom. The van der Waals surface area contributed by atoms with Crippen LogP contribution in [0.5, 0.6) is 0 Å². The van der Waals surface area contributed by atoms with E-state index in [0.29, 0.717) is 0 Å². The third-order valence-corrected chi connectivity index (χ3v) is 2.46. The second kappa shape index (κ2) is 3.95. The molecule has 0 aliphatic rings. The molecule has 0 aromatic carbocycles. The Hall–Kier alpha value is -0.790. The third-order valence-electron chi connectivity index (χ3n) is 2.46. The Kier molecular flexibility index (Phi) is 3.71. The van der Waals surface area contributed by atoms with Gasteiger partial charge in [0.1, 0.15) is 5.60 Å². The van der Waals surface area contributed by atoms with Crippen molar-refractivity contribution in [3.8, 4) is 0 Å². The SMILES string of the molecule is C/C=C/C(=O)OC(C)(C)C(C)(C)C. The Bertz CT molecular complexity index is 207. The maximum absolute atomic E-state index is 11.2. The minimum absolute atomic E-state index is 0.0513. The average Bonchev–Trinajstić information content (AvgIpc) is 1.83. The van der Waals surface area contributed by atoms with E-state index in [1.54, 1.807) is 13.0 Å². The van der Waals surface area contributed by atoms with Crippen molar-refractivity contribution in [2.24, 2.45) is 5.41 Å². The van der Waals surface area contributed by atoms with Crippen molar-refractivity contribution in [2.75, 3.05) is 0 Å². The van der Waals surface area contributed by atoms with Crippen molar-refractivity contribution in [1.29, 1.82) is 0 Å². The van der Waals surface area contributed by atoms with Crippen LogP contribution in [-0.4, -0.2) is 11.6 Å². The van der Waals surface area contributed by atoms with Crippen molar-refractivity contribution in [2.45, 2.75) is 47.1 Å². The molecule has 0 spiro atoms. The summed E-state index contributed by atoms with van der Waals surface area (Å²) in [6, 6.07) is 0. The highest BCUT2D eigenvalue weighted by molar-refractivity contribution is 5.82. The van der Waals surface area contributed by atoms with Gasteiger partial charge in [-0.05, 0) is 20.8 Å². The standard InChI is InChI=1S/C11H20O2/c1-7-8-9(12)13-11(5,6)10(2,3)4/h7-8H,1-6H3/b8-7+. The van der Waals surface area contributed by atoms with Crippen LogP contribution < -0.4 is 0 Å². The van der Waals surface area contributed by atoms with Gasteiger partial charge in [-0.3, -0.25) is 0 Å². The number of hydrogen-bond donors (Lipinski definition) is 0. The largest absolute Gasteiger partial charge is 0.456 e. The van der Waals surface area contributed by atoms with Crippen LogP contribution in [0.3, 0.4) is 0 Å². The molecule has 2 nitrogen and oxygen atoms in total. The molecule has 0 N–H and O–H groups in total. The molecule has 0 saturated heterocycles. The fraction of sp³-hybridized carbons (Fsp3) is 0.727. The van der Waals surface area contributed by atoms with Crippen LogP contribution in [0, 0.1) is 5.41 Å². The topological polar surface area (TPSA) is 26.3 Å². The molecule has 2 heteroatoms. The second-order valence-electron chi connectivity index (χ2n) is 4.68. The Balaban J connectivity index is 4.43. The summed E-state index contributed by atoms with van der Waals surface area (Å²) in [7, 11) is 0. The second-order valence-corrected chi connectivity index (χ2v) is 4.68. The van der Waals surface area contributed by atoms with Gasteiger partial charge in [0.25, 0.3) is 0 Å². The molecule has 0 fully saturated rings. The van der Waals surface area contributed by atoms with Gasteiger partial charge in [-0.2, -0.15) is 0 Å². The predicted molar refractivity (Wildman–Crippen MR) is 54.4 cm³/mol. The number of allylic oxidation sites excluding steroid dienone is 1. The van der Waals surface area contributed by atoms with E-state index in [1.807, 2.05) is 13.8 Å². The summed E-state index contributed by atoms with van der Waals surface area (Å²) in [4.78, 5) is 11.2. The minimum atomic E-state index is -0.441. The average molecular weight is 184 g/mol. The molecule has 0 aromatic heterocycles. The normalized spacial score (nSPS) is 13.4. The molecular formula is C11H20O2. The first-order chi connectivity index (χ1) is 5.70. The molecule has 0 atom stereocenters. The zero-order valence-corrected chi connectivity index (χ0v) is 9.47. The van der Waals surface area contributed by atoms with E-state index in [-0.39, 0.29) is 11.4 Å². The highest BCUT2D eigenvalue weighted by Crippen LogP contribution is 2.32. The lowest BCUT2D eigenvalue weighted by atomic mass is 9.79. The number of carbonyl (C=O) groups is 1. The first-order valence-corrected chi connectivity index (χ1v) is 4.56. The quantitative estimate of drug-likeness (QED) is 0.487. The molecule has 0 rings (SSSR count). The van der Waals surface area contributed by atoms with Crippen LogP contribution in [-0.2, 0) is 9.53 Å². The molecule has 13 heavy (non-hydrogen) atoms. The van der Waals surface area contributed by atoms with Gasteiger partial charge in [0.2, 0.25) is 0 Å². The van der Waals surface area contributed by atoms with E-state index in [2.05, 4.69) is 20.8 Å². The molecule has 0 aromatic rings. The summed E-state index contributed by atoms with van der Waals surface area (Å²) >= 11 is 0. The molecule has 0 heterocycles. The van der Waals surface area contributed by atoms with Crippen LogP contribution in [0.15, 0.2) is 12.2 Å². The summed E-state index contributed by atoms with van der Waals surface area (Å²) in [5, 5.41) is 0. The van der Waals surface area contributed by atoms with Crippen LogP contribution in [0.2, 0.25) is 0 Å². The maximum Gasteiger partial charge on any atom is 0.330 e. The lowest BCUT2D eigenvalue weighted by Crippen LogP contribution is -2.40. The summed E-state index contributed by atoms with van der Waals surface area (Å²) < 4.78 is 5.32. The number of carbonyl (C=O) groups excluding carboxylic acids is 1. The van der Waals surface area contributed by atoms with Gasteiger partial charge in [0.15, 0.2) is 0 Å². The van der Waals surface area contributed by atoms with E-state index in [9.17, 15) is 4.79 Å². The Morgan fingerprint density at radius 1 is 1.15 bits per heavy atom. The van der Waals surface area contributed by atoms with Crippen molar-refractivity contribution in [3.05, 3.63) is 12.2 Å². The highest BCUT2D eigenvalue weighted by Gasteiger charge is 2.35. The van der Waals surface area contributed by atoms with Crippen LogP contribution in [0.1, 0.15) is 41.5 Å². The van der Waals surface area contributed by atoms with Gasteiger partial charge >= 0.3 is 5.97 Å². The van der Waals surface area contributed by atoms with Gasteiger partial charge < -0.3 is 4.74 Å². The highest BCUT2D eigenvalue weighted by atomic mass is 16.6. The van der Waals surface area contributed by atoms with Gasteiger partial charge in [-0.25, -0.2) is 4.79 Å². The first kappa shape index (κ1) is 12.2. The Morgan fingerprint density at radius 2 is 1.62 bits per heavy atom. The van der Waals surface area contributed by atoms with Crippen LogP contribution in [0.25, 0.3) is 0 Å². The maximum atomic E-state index is 11.2. The smallest absolute Gasteiger partial charge is 0.330 e. The fourth-order valence-electron chi connectivity index (χ4n) is 0.575. The molecule has 0 aliphatic carbocycles. The number of esters is 1. The van der Waals surface area contributed by atoms with E-state index in [0.717, 1.165) is 0 Å².